The van der Waals surface area contributed by atoms with Crippen molar-refractivity contribution in [2.24, 2.45) is 4.99 Å². The molecule has 0 aromatic rings. The number of nitrogens with one attached hydrogen (secondary N) is 1. The molecule has 0 fully saturated rings. The van der Waals surface area contributed by atoms with E-state index in [1.165, 1.54) is 6.08 Å². The highest BCUT2D eigenvalue weighted by molar-refractivity contribution is 5.86. The third-order valence-electron chi connectivity index (χ3n) is 1.61. The van der Waals surface area contributed by atoms with Crippen molar-refractivity contribution in [1.29, 1.82) is 0 Å². The molecule has 0 saturated carbocycles. The molecule has 0 saturated heterocycles. The SMILES string of the molecule is C=CCNC(CCC(=O)O)C(=O)N=C=O. The highest BCUT2D eigenvalue weighted by atomic mass is 16.4. The summed E-state index contributed by atoms with van der Waals surface area (Å²) < 4.78 is 0. The van der Waals surface area contributed by atoms with E-state index in [2.05, 4.69) is 16.9 Å². The zero-order valence-electron chi connectivity index (χ0n) is 8.10. The maximum atomic E-state index is 11.1. The standard InChI is InChI=1S/C9H12N2O4/c1-2-5-10-7(3-4-8(13)14)9(15)11-6-12/h2,7,10H,1,3-5H2,(H,13,14). The fourth-order valence-corrected chi connectivity index (χ4v) is 0.929. The molecule has 1 amide bonds. The van der Waals surface area contributed by atoms with Crippen LogP contribution < -0.4 is 5.32 Å². The van der Waals surface area contributed by atoms with Gasteiger partial charge in [-0.15, -0.1) is 11.6 Å². The smallest absolute Gasteiger partial charge is 0.303 e. The molecular weight excluding hydrogens is 200 g/mol. The van der Waals surface area contributed by atoms with Gasteiger partial charge in [0.1, 0.15) is 0 Å². The summed E-state index contributed by atoms with van der Waals surface area (Å²) in [5, 5.41) is 11.1. The molecule has 0 aromatic carbocycles. The van der Waals surface area contributed by atoms with E-state index in [0.717, 1.165) is 6.08 Å². The number of carbonyl (C=O) groups is 2. The van der Waals surface area contributed by atoms with Gasteiger partial charge in [-0.05, 0) is 6.42 Å². The molecule has 0 radical (unpaired) electrons. The summed E-state index contributed by atoms with van der Waals surface area (Å²) in [5.74, 6) is -1.73. The van der Waals surface area contributed by atoms with Gasteiger partial charge in [0.15, 0.2) is 0 Å². The molecule has 0 aliphatic heterocycles. The lowest BCUT2D eigenvalue weighted by molar-refractivity contribution is -0.137. The first-order valence-electron chi connectivity index (χ1n) is 4.29. The summed E-state index contributed by atoms with van der Waals surface area (Å²) >= 11 is 0. The van der Waals surface area contributed by atoms with Gasteiger partial charge in [-0.1, -0.05) is 6.08 Å². The van der Waals surface area contributed by atoms with E-state index in [1.54, 1.807) is 0 Å². The van der Waals surface area contributed by atoms with E-state index in [1.807, 2.05) is 0 Å². The van der Waals surface area contributed by atoms with Crippen molar-refractivity contribution in [3.05, 3.63) is 12.7 Å². The number of isocyanates is 1. The summed E-state index contributed by atoms with van der Waals surface area (Å²) in [5.41, 5.74) is 0. The van der Waals surface area contributed by atoms with Crippen LogP contribution in [0.3, 0.4) is 0 Å². The number of rotatable bonds is 7. The van der Waals surface area contributed by atoms with Crippen molar-refractivity contribution in [3.8, 4) is 0 Å². The van der Waals surface area contributed by atoms with Crippen molar-refractivity contribution >= 4 is 18.0 Å². The van der Waals surface area contributed by atoms with Gasteiger partial charge in [0.25, 0.3) is 5.91 Å². The van der Waals surface area contributed by atoms with Crippen molar-refractivity contribution < 1.29 is 19.5 Å². The van der Waals surface area contributed by atoms with E-state index in [0.29, 0.717) is 6.54 Å². The van der Waals surface area contributed by atoms with Crippen molar-refractivity contribution in [2.45, 2.75) is 18.9 Å². The predicted octanol–water partition coefficient (Wildman–Crippen LogP) is -0.142. The van der Waals surface area contributed by atoms with E-state index in [-0.39, 0.29) is 12.8 Å². The Kier molecular flexibility index (Phi) is 6.70. The van der Waals surface area contributed by atoms with Gasteiger partial charge in [-0.3, -0.25) is 9.59 Å². The first-order chi connectivity index (χ1) is 7.11. The normalized spacial score (nSPS) is 11.2. The maximum Gasteiger partial charge on any atom is 0.303 e. The minimum absolute atomic E-state index is 0.0766. The predicted molar refractivity (Wildman–Crippen MR) is 52.0 cm³/mol. The third-order valence-corrected chi connectivity index (χ3v) is 1.61. The molecule has 6 nitrogen and oxygen atoms in total. The second-order valence-electron chi connectivity index (χ2n) is 2.72. The molecule has 0 aromatic heterocycles. The Morgan fingerprint density at radius 2 is 2.27 bits per heavy atom. The molecule has 0 aliphatic rings. The lowest BCUT2D eigenvalue weighted by atomic mass is 10.1. The van der Waals surface area contributed by atoms with Crippen LogP contribution in [0.1, 0.15) is 12.8 Å². The van der Waals surface area contributed by atoms with Gasteiger partial charge < -0.3 is 10.4 Å². The molecule has 1 unspecified atom stereocenters. The highest BCUT2D eigenvalue weighted by Gasteiger charge is 2.17. The van der Waals surface area contributed by atoms with Gasteiger partial charge >= 0.3 is 5.97 Å². The third kappa shape index (κ3) is 6.31. The molecule has 2 N–H and O–H groups in total. The Labute approximate surface area is 86.7 Å². The topological polar surface area (TPSA) is 95.8 Å². The molecule has 0 spiro atoms. The van der Waals surface area contributed by atoms with Crippen LogP contribution in [-0.2, 0) is 14.4 Å². The molecule has 0 bridgehead atoms. The van der Waals surface area contributed by atoms with E-state index < -0.39 is 17.9 Å². The number of carboxylic acids is 1. The average molecular weight is 212 g/mol. The number of hydrogen-bond acceptors (Lipinski definition) is 4. The number of aliphatic imine (C=N–C) groups is 1. The van der Waals surface area contributed by atoms with Gasteiger partial charge in [-0.25, -0.2) is 4.79 Å². The number of amides is 1. The first-order valence-corrected chi connectivity index (χ1v) is 4.29. The van der Waals surface area contributed by atoms with Gasteiger partial charge in [0.2, 0.25) is 6.08 Å². The summed E-state index contributed by atoms with van der Waals surface area (Å²) in [7, 11) is 0. The summed E-state index contributed by atoms with van der Waals surface area (Å²) in [6, 6.07) is -0.777. The zero-order valence-corrected chi connectivity index (χ0v) is 8.10. The monoisotopic (exact) mass is 212 g/mol. The van der Waals surface area contributed by atoms with Crippen molar-refractivity contribution in [2.75, 3.05) is 6.54 Å². The van der Waals surface area contributed by atoms with Crippen LogP contribution in [0.4, 0.5) is 0 Å². The molecule has 82 valence electrons. The van der Waals surface area contributed by atoms with E-state index in [4.69, 9.17) is 5.11 Å². The number of hydrogen-bond donors (Lipinski definition) is 2. The second kappa shape index (κ2) is 7.61. The minimum atomic E-state index is -1.01. The summed E-state index contributed by atoms with van der Waals surface area (Å²) in [6.07, 6.45) is 2.55. The van der Waals surface area contributed by atoms with Gasteiger partial charge in [0.05, 0.1) is 6.04 Å². The van der Waals surface area contributed by atoms with Crippen LogP contribution in [0.5, 0.6) is 0 Å². The molecule has 0 aliphatic carbocycles. The Morgan fingerprint density at radius 1 is 1.60 bits per heavy atom. The number of carboxylic acid groups (broad SMARTS) is 1. The van der Waals surface area contributed by atoms with Crippen LogP contribution in [0.2, 0.25) is 0 Å². The summed E-state index contributed by atoms with van der Waals surface area (Å²) in [4.78, 5) is 34.2. The first kappa shape index (κ1) is 13.2. The fraction of sp³-hybridized carbons (Fsp3) is 0.444. The van der Waals surface area contributed by atoms with Crippen molar-refractivity contribution in [1.82, 2.24) is 5.32 Å². The molecule has 15 heavy (non-hydrogen) atoms. The van der Waals surface area contributed by atoms with Crippen LogP contribution in [-0.4, -0.2) is 35.6 Å². The fourth-order valence-electron chi connectivity index (χ4n) is 0.929. The van der Waals surface area contributed by atoms with E-state index >= 15 is 0 Å². The van der Waals surface area contributed by atoms with E-state index in [9.17, 15) is 14.4 Å². The van der Waals surface area contributed by atoms with Gasteiger partial charge in [-0.2, -0.15) is 0 Å². The average Bonchev–Trinajstić information content (AvgIpc) is 2.17. The van der Waals surface area contributed by atoms with Crippen LogP contribution >= 0.6 is 0 Å². The second-order valence-corrected chi connectivity index (χ2v) is 2.72. The number of aliphatic carboxylic acids is 1. The van der Waals surface area contributed by atoms with Crippen LogP contribution in [0, 0.1) is 0 Å². The molecular formula is C9H12N2O4. The largest absolute Gasteiger partial charge is 0.481 e. The van der Waals surface area contributed by atoms with Gasteiger partial charge in [0, 0.05) is 13.0 Å². The number of nitrogens with zero attached hydrogens (tertiary/aromatic N) is 1. The number of carbonyl (C=O) groups excluding carboxylic acids is 2. The Bertz CT molecular complexity index is 294. The van der Waals surface area contributed by atoms with Crippen molar-refractivity contribution in [3.63, 3.8) is 0 Å². The zero-order chi connectivity index (χ0) is 11.7. The lowest BCUT2D eigenvalue weighted by Gasteiger charge is -2.11. The maximum absolute atomic E-state index is 11.1. The molecule has 6 heteroatoms. The summed E-state index contributed by atoms with van der Waals surface area (Å²) in [6.45, 7) is 3.77. The molecule has 0 rings (SSSR count). The molecule has 1 atom stereocenters. The van der Waals surface area contributed by atoms with Crippen LogP contribution in [0.25, 0.3) is 0 Å². The Balaban J connectivity index is 4.28. The quantitative estimate of drug-likeness (QED) is 0.348. The lowest BCUT2D eigenvalue weighted by Crippen LogP contribution is -2.36. The molecule has 0 heterocycles. The Morgan fingerprint density at radius 3 is 2.73 bits per heavy atom. The highest BCUT2D eigenvalue weighted by Crippen LogP contribution is 1.99. The van der Waals surface area contributed by atoms with Crippen LogP contribution in [0.15, 0.2) is 17.6 Å². The Hall–Kier alpha value is -1.78. The minimum Gasteiger partial charge on any atom is -0.481 e.